The standard InChI is InChI=1S/C14H21N3O3/c1-10-4-3-5-14(19,6-10)9-16-12-8-15-7-11(17-12)13(18)20-2/h7-8,10,19H,3-6,9H2,1-2H3,(H,16,17). The molecule has 0 spiro atoms. The Morgan fingerprint density at radius 3 is 3.10 bits per heavy atom. The minimum absolute atomic E-state index is 0.154. The van der Waals surface area contributed by atoms with Gasteiger partial charge in [-0.1, -0.05) is 19.8 Å². The predicted molar refractivity (Wildman–Crippen MR) is 74.4 cm³/mol. The van der Waals surface area contributed by atoms with Gasteiger partial charge in [0.15, 0.2) is 5.69 Å². The molecule has 2 rings (SSSR count). The summed E-state index contributed by atoms with van der Waals surface area (Å²) in [5.74, 6) is 0.480. The van der Waals surface area contributed by atoms with Gasteiger partial charge in [0, 0.05) is 6.54 Å². The lowest BCUT2D eigenvalue weighted by atomic mass is 9.79. The zero-order valence-electron chi connectivity index (χ0n) is 11.9. The Kier molecular flexibility index (Phi) is 4.54. The monoisotopic (exact) mass is 279 g/mol. The van der Waals surface area contributed by atoms with Gasteiger partial charge in [-0.3, -0.25) is 4.98 Å². The van der Waals surface area contributed by atoms with Crippen LogP contribution in [-0.2, 0) is 4.74 Å². The Balaban J connectivity index is 1.98. The second-order valence-electron chi connectivity index (χ2n) is 5.56. The molecule has 1 heterocycles. The van der Waals surface area contributed by atoms with Crippen molar-refractivity contribution >= 4 is 11.8 Å². The molecule has 20 heavy (non-hydrogen) atoms. The SMILES string of the molecule is COC(=O)c1cncc(NCC2(O)CCCC(C)C2)n1. The summed E-state index contributed by atoms with van der Waals surface area (Å²) in [4.78, 5) is 19.4. The topological polar surface area (TPSA) is 84.3 Å². The van der Waals surface area contributed by atoms with Gasteiger partial charge in [-0.15, -0.1) is 0 Å². The summed E-state index contributed by atoms with van der Waals surface area (Å²) in [5, 5.41) is 13.6. The summed E-state index contributed by atoms with van der Waals surface area (Å²) < 4.78 is 4.60. The molecule has 0 bridgehead atoms. The van der Waals surface area contributed by atoms with E-state index in [9.17, 15) is 9.90 Å². The summed E-state index contributed by atoms with van der Waals surface area (Å²) in [6.45, 7) is 2.57. The molecular formula is C14H21N3O3. The first-order valence-electron chi connectivity index (χ1n) is 6.89. The van der Waals surface area contributed by atoms with Gasteiger partial charge in [0.05, 0.1) is 25.1 Å². The van der Waals surface area contributed by atoms with Crippen LogP contribution in [-0.4, -0.2) is 40.3 Å². The number of aromatic nitrogens is 2. The number of rotatable bonds is 4. The molecule has 0 aliphatic heterocycles. The van der Waals surface area contributed by atoms with Crippen LogP contribution in [0.1, 0.15) is 43.1 Å². The van der Waals surface area contributed by atoms with E-state index in [4.69, 9.17) is 0 Å². The van der Waals surface area contributed by atoms with E-state index >= 15 is 0 Å². The number of esters is 1. The molecule has 6 heteroatoms. The van der Waals surface area contributed by atoms with Crippen LogP contribution in [0, 0.1) is 5.92 Å². The van der Waals surface area contributed by atoms with Crippen molar-refractivity contribution in [2.45, 2.75) is 38.2 Å². The van der Waals surface area contributed by atoms with E-state index in [2.05, 4.69) is 26.9 Å². The number of ether oxygens (including phenoxy) is 1. The molecule has 1 saturated carbocycles. The maximum Gasteiger partial charge on any atom is 0.358 e. The number of aliphatic hydroxyl groups is 1. The Morgan fingerprint density at radius 2 is 2.40 bits per heavy atom. The molecule has 2 N–H and O–H groups in total. The summed E-state index contributed by atoms with van der Waals surface area (Å²) in [7, 11) is 1.30. The van der Waals surface area contributed by atoms with E-state index in [0.717, 1.165) is 19.3 Å². The quantitative estimate of drug-likeness (QED) is 0.815. The average Bonchev–Trinajstić information content (AvgIpc) is 2.44. The van der Waals surface area contributed by atoms with Crippen LogP contribution in [0.2, 0.25) is 0 Å². The predicted octanol–water partition coefficient (Wildman–Crippen LogP) is 1.62. The third-order valence-corrected chi connectivity index (χ3v) is 3.70. The minimum Gasteiger partial charge on any atom is -0.464 e. The summed E-state index contributed by atoms with van der Waals surface area (Å²) >= 11 is 0. The third kappa shape index (κ3) is 3.66. The molecule has 2 unspecified atom stereocenters. The molecule has 6 nitrogen and oxygen atoms in total. The minimum atomic E-state index is -0.708. The first-order chi connectivity index (χ1) is 9.52. The Hall–Kier alpha value is -1.69. The van der Waals surface area contributed by atoms with Crippen LogP contribution < -0.4 is 5.32 Å². The highest BCUT2D eigenvalue weighted by Gasteiger charge is 2.32. The summed E-state index contributed by atoms with van der Waals surface area (Å²) in [6, 6.07) is 0. The zero-order chi connectivity index (χ0) is 14.6. The average molecular weight is 279 g/mol. The van der Waals surface area contributed by atoms with E-state index in [1.54, 1.807) is 0 Å². The van der Waals surface area contributed by atoms with Crippen molar-refractivity contribution < 1.29 is 14.6 Å². The molecule has 110 valence electrons. The highest BCUT2D eigenvalue weighted by Crippen LogP contribution is 2.32. The summed E-state index contributed by atoms with van der Waals surface area (Å²) in [5.41, 5.74) is -0.554. The van der Waals surface area contributed by atoms with Crippen molar-refractivity contribution in [2.75, 3.05) is 19.0 Å². The lowest BCUT2D eigenvalue weighted by molar-refractivity contribution is -0.000831. The molecule has 0 radical (unpaired) electrons. The maximum atomic E-state index is 11.4. The van der Waals surface area contributed by atoms with E-state index < -0.39 is 11.6 Å². The van der Waals surface area contributed by atoms with Crippen LogP contribution in [0.25, 0.3) is 0 Å². The lowest BCUT2D eigenvalue weighted by Gasteiger charge is -2.35. The second-order valence-corrected chi connectivity index (χ2v) is 5.56. The van der Waals surface area contributed by atoms with Gasteiger partial charge in [0.25, 0.3) is 0 Å². The largest absolute Gasteiger partial charge is 0.464 e. The molecule has 1 aromatic heterocycles. The van der Waals surface area contributed by atoms with Crippen LogP contribution >= 0.6 is 0 Å². The number of methoxy groups -OCH3 is 1. The van der Waals surface area contributed by atoms with Gasteiger partial charge < -0.3 is 15.2 Å². The van der Waals surface area contributed by atoms with Gasteiger partial charge in [0.2, 0.25) is 0 Å². The zero-order valence-corrected chi connectivity index (χ0v) is 11.9. The molecule has 1 aromatic rings. The van der Waals surface area contributed by atoms with Gasteiger partial charge in [-0.25, -0.2) is 9.78 Å². The first kappa shape index (κ1) is 14.7. The summed E-state index contributed by atoms with van der Waals surface area (Å²) in [6.07, 6.45) is 6.65. The Labute approximate surface area is 118 Å². The molecule has 1 aliphatic rings. The van der Waals surface area contributed by atoms with Crippen LogP contribution in [0.5, 0.6) is 0 Å². The Morgan fingerprint density at radius 1 is 1.60 bits per heavy atom. The fourth-order valence-corrected chi connectivity index (χ4v) is 2.70. The van der Waals surface area contributed by atoms with Crippen molar-refractivity contribution in [3.8, 4) is 0 Å². The smallest absolute Gasteiger partial charge is 0.358 e. The van der Waals surface area contributed by atoms with E-state index in [1.165, 1.54) is 25.9 Å². The van der Waals surface area contributed by atoms with Crippen molar-refractivity contribution in [1.29, 1.82) is 0 Å². The van der Waals surface area contributed by atoms with E-state index in [1.807, 2.05) is 0 Å². The van der Waals surface area contributed by atoms with Gasteiger partial charge in [-0.2, -0.15) is 0 Å². The molecule has 2 atom stereocenters. The first-order valence-corrected chi connectivity index (χ1v) is 6.89. The maximum absolute atomic E-state index is 11.4. The number of carbonyl (C=O) groups excluding carboxylic acids is 1. The Bertz CT molecular complexity index is 480. The highest BCUT2D eigenvalue weighted by atomic mass is 16.5. The number of nitrogens with one attached hydrogen (secondary N) is 1. The van der Waals surface area contributed by atoms with Gasteiger partial charge >= 0.3 is 5.97 Å². The second kappa shape index (κ2) is 6.17. The highest BCUT2D eigenvalue weighted by molar-refractivity contribution is 5.87. The number of hydrogen-bond acceptors (Lipinski definition) is 6. The molecule has 0 aromatic carbocycles. The molecule has 1 aliphatic carbocycles. The lowest BCUT2D eigenvalue weighted by Crippen LogP contribution is -2.41. The normalized spacial score (nSPS) is 26.1. The van der Waals surface area contributed by atoms with Crippen LogP contribution in [0.3, 0.4) is 0 Å². The van der Waals surface area contributed by atoms with Gasteiger partial charge in [0.1, 0.15) is 5.82 Å². The van der Waals surface area contributed by atoms with Crippen molar-refractivity contribution in [3.63, 3.8) is 0 Å². The van der Waals surface area contributed by atoms with Crippen molar-refractivity contribution in [3.05, 3.63) is 18.1 Å². The van der Waals surface area contributed by atoms with Crippen LogP contribution in [0.15, 0.2) is 12.4 Å². The molecule has 0 amide bonds. The fraction of sp³-hybridized carbons (Fsp3) is 0.643. The third-order valence-electron chi connectivity index (χ3n) is 3.70. The molecular weight excluding hydrogens is 258 g/mol. The molecule has 1 fully saturated rings. The number of nitrogens with zero attached hydrogens (tertiary/aromatic N) is 2. The number of anilines is 1. The van der Waals surface area contributed by atoms with Gasteiger partial charge in [-0.05, 0) is 18.8 Å². The van der Waals surface area contributed by atoms with Crippen molar-refractivity contribution in [1.82, 2.24) is 9.97 Å². The van der Waals surface area contributed by atoms with Crippen LogP contribution in [0.4, 0.5) is 5.82 Å². The number of carbonyl (C=O) groups is 1. The van der Waals surface area contributed by atoms with Crippen molar-refractivity contribution in [2.24, 2.45) is 5.92 Å². The van der Waals surface area contributed by atoms with E-state index in [-0.39, 0.29) is 5.69 Å². The van der Waals surface area contributed by atoms with E-state index in [0.29, 0.717) is 18.3 Å². The molecule has 0 saturated heterocycles. The fourth-order valence-electron chi connectivity index (χ4n) is 2.70. The number of hydrogen-bond donors (Lipinski definition) is 2.